The van der Waals surface area contributed by atoms with Gasteiger partial charge in [-0.1, -0.05) is 28.1 Å². The van der Waals surface area contributed by atoms with Crippen LogP contribution in [0.4, 0.5) is 0 Å². The average Bonchev–Trinajstić information content (AvgIpc) is 2.77. The molecule has 82 valence electrons. The number of hydrogen-bond acceptors (Lipinski definition) is 3. The van der Waals surface area contributed by atoms with Crippen molar-refractivity contribution in [3.8, 4) is 11.3 Å². The van der Waals surface area contributed by atoms with Gasteiger partial charge in [-0.05, 0) is 12.1 Å². The van der Waals surface area contributed by atoms with Gasteiger partial charge in [0.15, 0.2) is 0 Å². The van der Waals surface area contributed by atoms with Crippen molar-refractivity contribution in [2.75, 3.05) is 0 Å². The van der Waals surface area contributed by atoms with Crippen molar-refractivity contribution in [1.82, 2.24) is 4.98 Å². The highest BCUT2D eigenvalue weighted by Crippen LogP contribution is 2.27. The van der Waals surface area contributed by atoms with Crippen molar-refractivity contribution in [3.63, 3.8) is 0 Å². The summed E-state index contributed by atoms with van der Waals surface area (Å²) in [6, 6.07) is 6.82. The molecule has 16 heavy (non-hydrogen) atoms. The molecule has 5 heteroatoms. The molecule has 0 amide bonds. The molecule has 0 aliphatic heterocycles. The Morgan fingerprint density at radius 1 is 1.50 bits per heavy atom. The molecule has 2 rings (SSSR count). The number of halogens is 1. The number of hydrogen-bond donors (Lipinski definition) is 1. The van der Waals surface area contributed by atoms with E-state index >= 15 is 0 Å². The maximum Gasteiger partial charge on any atom is 0.335 e. The summed E-state index contributed by atoms with van der Waals surface area (Å²) in [6.45, 7) is 0. The van der Waals surface area contributed by atoms with E-state index < -0.39 is 5.97 Å². The Balaban J connectivity index is 2.48. The van der Waals surface area contributed by atoms with Crippen molar-refractivity contribution in [1.29, 1.82) is 0 Å². The molecule has 1 heterocycles. The number of carbonyl (C=O) groups is 1. The van der Waals surface area contributed by atoms with E-state index in [9.17, 15) is 4.79 Å². The predicted molar refractivity (Wildman–Crippen MR) is 67.1 cm³/mol. The van der Waals surface area contributed by atoms with E-state index in [-0.39, 0.29) is 5.56 Å². The smallest absolute Gasteiger partial charge is 0.335 e. The van der Waals surface area contributed by atoms with Gasteiger partial charge in [-0.2, -0.15) is 0 Å². The van der Waals surface area contributed by atoms with E-state index in [0.29, 0.717) is 0 Å². The van der Waals surface area contributed by atoms with Crippen LogP contribution in [0.3, 0.4) is 0 Å². The Labute approximate surface area is 105 Å². The molecule has 0 atom stereocenters. The number of aromatic carboxylic acids is 1. The van der Waals surface area contributed by atoms with Crippen molar-refractivity contribution < 1.29 is 9.90 Å². The van der Waals surface area contributed by atoms with Gasteiger partial charge >= 0.3 is 5.97 Å². The van der Waals surface area contributed by atoms with Gasteiger partial charge in [0.1, 0.15) is 0 Å². The minimum Gasteiger partial charge on any atom is -0.478 e. The lowest BCUT2D eigenvalue weighted by atomic mass is 10.1. The fraction of sp³-hybridized carbons (Fsp3) is 0.0909. The summed E-state index contributed by atoms with van der Waals surface area (Å²) in [5.74, 6) is -0.919. The van der Waals surface area contributed by atoms with Crippen LogP contribution in [0.5, 0.6) is 0 Å². The number of aromatic nitrogens is 1. The summed E-state index contributed by atoms with van der Waals surface area (Å²) in [4.78, 5) is 16.2. The Kier molecular flexibility index (Phi) is 3.36. The molecule has 0 unspecified atom stereocenters. The maximum absolute atomic E-state index is 10.9. The van der Waals surface area contributed by atoms with Gasteiger partial charge in [-0.3, -0.25) is 0 Å². The number of alkyl halides is 1. The summed E-state index contributed by atoms with van der Waals surface area (Å²) in [5, 5.41) is 9.63. The Morgan fingerprint density at radius 3 is 3.00 bits per heavy atom. The number of rotatable bonds is 3. The molecule has 0 aliphatic rings. The van der Waals surface area contributed by atoms with Gasteiger partial charge in [0, 0.05) is 15.8 Å². The van der Waals surface area contributed by atoms with Gasteiger partial charge in [-0.25, -0.2) is 9.78 Å². The fourth-order valence-corrected chi connectivity index (χ4v) is 2.69. The van der Waals surface area contributed by atoms with Crippen molar-refractivity contribution in [3.05, 3.63) is 40.2 Å². The first-order chi connectivity index (χ1) is 7.72. The molecule has 2 aromatic rings. The summed E-state index contributed by atoms with van der Waals surface area (Å²) >= 11 is 4.94. The van der Waals surface area contributed by atoms with Crippen LogP contribution in [0, 0.1) is 0 Å². The average molecular weight is 298 g/mol. The lowest BCUT2D eigenvalue weighted by Crippen LogP contribution is -1.96. The number of benzene rings is 1. The van der Waals surface area contributed by atoms with Crippen LogP contribution in [0.15, 0.2) is 29.8 Å². The normalized spacial score (nSPS) is 10.3. The first-order valence-corrected chi connectivity index (χ1v) is 6.54. The van der Waals surface area contributed by atoms with E-state index in [0.717, 1.165) is 21.5 Å². The standard InChI is InChI=1S/C11H8BrNO2S/c12-5-9-10(13-6-16-9)7-2-1-3-8(4-7)11(14)15/h1-4,6H,5H2,(H,14,15). The number of nitrogens with zero attached hydrogens (tertiary/aromatic N) is 1. The molecule has 0 radical (unpaired) electrons. The highest BCUT2D eigenvalue weighted by atomic mass is 79.9. The van der Waals surface area contributed by atoms with Crippen LogP contribution in [0.25, 0.3) is 11.3 Å². The quantitative estimate of drug-likeness (QED) is 0.883. The van der Waals surface area contributed by atoms with Gasteiger partial charge in [0.25, 0.3) is 0 Å². The molecule has 1 N–H and O–H groups in total. The van der Waals surface area contributed by atoms with Gasteiger partial charge in [0.05, 0.1) is 16.8 Å². The van der Waals surface area contributed by atoms with Crippen LogP contribution in [-0.4, -0.2) is 16.1 Å². The van der Waals surface area contributed by atoms with Crippen LogP contribution in [-0.2, 0) is 5.33 Å². The van der Waals surface area contributed by atoms with Crippen LogP contribution in [0.1, 0.15) is 15.2 Å². The Morgan fingerprint density at radius 2 is 2.31 bits per heavy atom. The second-order valence-electron chi connectivity index (χ2n) is 3.14. The van der Waals surface area contributed by atoms with Gasteiger partial charge in [-0.15, -0.1) is 11.3 Å². The first-order valence-electron chi connectivity index (χ1n) is 4.54. The van der Waals surface area contributed by atoms with E-state index in [1.54, 1.807) is 35.0 Å². The lowest BCUT2D eigenvalue weighted by molar-refractivity contribution is 0.0697. The third-order valence-corrected chi connectivity index (χ3v) is 3.91. The molecule has 0 spiro atoms. The molecule has 1 aromatic carbocycles. The summed E-state index contributed by atoms with van der Waals surface area (Å²) < 4.78 is 0. The predicted octanol–water partition coefficient (Wildman–Crippen LogP) is 3.40. The van der Waals surface area contributed by atoms with Gasteiger partial charge in [0.2, 0.25) is 0 Å². The molecular formula is C11H8BrNO2S. The zero-order valence-corrected chi connectivity index (χ0v) is 10.6. The van der Waals surface area contributed by atoms with E-state index in [1.807, 2.05) is 6.07 Å². The van der Waals surface area contributed by atoms with Gasteiger partial charge < -0.3 is 5.11 Å². The topological polar surface area (TPSA) is 50.2 Å². The second kappa shape index (κ2) is 4.76. The third kappa shape index (κ3) is 2.15. The highest BCUT2D eigenvalue weighted by Gasteiger charge is 2.10. The second-order valence-corrected chi connectivity index (χ2v) is 4.64. The number of carboxylic acids is 1. The van der Waals surface area contributed by atoms with E-state index in [4.69, 9.17) is 5.11 Å². The zero-order valence-electron chi connectivity index (χ0n) is 8.18. The summed E-state index contributed by atoms with van der Waals surface area (Å²) in [5.41, 5.74) is 3.74. The minimum absolute atomic E-state index is 0.283. The minimum atomic E-state index is -0.919. The maximum atomic E-state index is 10.9. The Hall–Kier alpha value is -1.20. The monoisotopic (exact) mass is 297 g/mol. The SMILES string of the molecule is O=C(O)c1cccc(-c2ncsc2CBr)c1. The molecular weight excluding hydrogens is 290 g/mol. The van der Waals surface area contributed by atoms with Crippen LogP contribution in [0.2, 0.25) is 0 Å². The van der Waals surface area contributed by atoms with E-state index in [2.05, 4.69) is 20.9 Å². The molecule has 0 aliphatic carbocycles. The number of thiazole rings is 1. The Bertz CT molecular complexity index is 524. The van der Waals surface area contributed by atoms with Crippen molar-refractivity contribution >= 4 is 33.2 Å². The molecule has 0 saturated heterocycles. The molecule has 0 fully saturated rings. The van der Waals surface area contributed by atoms with Crippen molar-refractivity contribution in [2.45, 2.75) is 5.33 Å². The molecule has 0 saturated carbocycles. The number of carboxylic acid groups (broad SMARTS) is 1. The van der Waals surface area contributed by atoms with Crippen LogP contribution >= 0.6 is 27.3 Å². The summed E-state index contributed by atoms with van der Waals surface area (Å²) in [6.07, 6.45) is 0. The zero-order chi connectivity index (χ0) is 11.5. The highest BCUT2D eigenvalue weighted by molar-refractivity contribution is 9.08. The lowest BCUT2D eigenvalue weighted by Gasteiger charge is -2.01. The summed E-state index contributed by atoms with van der Waals surface area (Å²) in [7, 11) is 0. The fourth-order valence-electron chi connectivity index (χ4n) is 1.40. The van der Waals surface area contributed by atoms with Crippen molar-refractivity contribution in [2.24, 2.45) is 0 Å². The third-order valence-electron chi connectivity index (χ3n) is 2.15. The van der Waals surface area contributed by atoms with Crippen LogP contribution < -0.4 is 0 Å². The molecule has 0 bridgehead atoms. The largest absolute Gasteiger partial charge is 0.478 e. The van der Waals surface area contributed by atoms with E-state index in [1.165, 1.54) is 0 Å². The molecule has 1 aromatic heterocycles. The molecule has 3 nitrogen and oxygen atoms in total. The first kappa shape index (κ1) is 11.3.